The van der Waals surface area contributed by atoms with Crippen molar-refractivity contribution in [3.05, 3.63) is 53.2 Å². The number of nitrogens with two attached hydrogens (primary N) is 1. The van der Waals surface area contributed by atoms with Gasteiger partial charge in [-0.2, -0.15) is 0 Å². The molecule has 0 bridgehead atoms. The Morgan fingerprint density at radius 1 is 1.09 bits per heavy atom. The molecule has 0 saturated heterocycles. The fourth-order valence-corrected chi connectivity index (χ4v) is 3.68. The second kappa shape index (κ2) is 6.92. The lowest BCUT2D eigenvalue weighted by Crippen LogP contribution is -1.90. The Hall–Kier alpha value is -2.20. The molecule has 3 nitrogen and oxygen atoms in total. The Bertz CT molecular complexity index is 808. The number of rotatable bonds is 5. The fraction of sp³-hybridized carbons (Fsp3) is 0.263. The molecule has 0 atom stereocenters. The zero-order valence-corrected chi connectivity index (χ0v) is 14.4. The molecular weight excluding hydrogens is 302 g/mol. The van der Waals surface area contributed by atoms with Crippen LogP contribution in [-0.2, 0) is 12.8 Å². The molecule has 0 aliphatic rings. The van der Waals surface area contributed by atoms with Crippen molar-refractivity contribution in [3.63, 3.8) is 0 Å². The lowest BCUT2D eigenvalue weighted by atomic mass is 10.0. The number of pyridine rings is 1. The van der Waals surface area contributed by atoms with E-state index in [1.807, 2.05) is 12.1 Å². The SMILES string of the molecule is CCCc1cccc(-c2nc(CC)sc2-c2ccnc(N)c2)c1. The molecule has 118 valence electrons. The van der Waals surface area contributed by atoms with Crippen molar-refractivity contribution >= 4 is 17.2 Å². The third-order valence-corrected chi connectivity index (χ3v) is 5.01. The van der Waals surface area contributed by atoms with E-state index in [0.717, 1.165) is 35.5 Å². The summed E-state index contributed by atoms with van der Waals surface area (Å²) < 4.78 is 0. The molecule has 2 N–H and O–H groups in total. The molecule has 0 fully saturated rings. The standard InChI is InChI=1S/C19H21N3S/c1-3-6-13-7-5-8-14(11-13)18-19(23-17(4-2)22-18)15-9-10-21-16(20)12-15/h5,7-12H,3-4,6H2,1-2H3,(H2,20,21). The van der Waals surface area contributed by atoms with Gasteiger partial charge in [-0.15, -0.1) is 11.3 Å². The normalized spacial score (nSPS) is 10.9. The maximum absolute atomic E-state index is 5.86. The number of anilines is 1. The monoisotopic (exact) mass is 323 g/mol. The van der Waals surface area contributed by atoms with Gasteiger partial charge in [0.05, 0.1) is 15.6 Å². The fourth-order valence-electron chi connectivity index (χ4n) is 2.66. The molecule has 3 aromatic rings. The molecule has 2 heterocycles. The van der Waals surface area contributed by atoms with Crippen LogP contribution in [0.1, 0.15) is 30.8 Å². The quantitative estimate of drug-likeness (QED) is 0.721. The molecule has 0 saturated carbocycles. The molecule has 0 unspecified atom stereocenters. The van der Waals surface area contributed by atoms with Gasteiger partial charge in [-0.25, -0.2) is 9.97 Å². The number of nitrogen functional groups attached to an aromatic ring is 1. The van der Waals surface area contributed by atoms with Crippen LogP contribution < -0.4 is 5.73 Å². The Labute approximate surface area is 141 Å². The van der Waals surface area contributed by atoms with E-state index in [1.54, 1.807) is 17.5 Å². The number of aromatic nitrogens is 2. The third kappa shape index (κ3) is 3.42. The van der Waals surface area contributed by atoms with E-state index in [4.69, 9.17) is 10.7 Å². The van der Waals surface area contributed by atoms with Gasteiger partial charge >= 0.3 is 0 Å². The van der Waals surface area contributed by atoms with Crippen LogP contribution in [0.15, 0.2) is 42.6 Å². The van der Waals surface area contributed by atoms with Gasteiger partial charge in [0.15, 0.2) is 0 Å². The molecule has 23 heavy (non-hydrogen) atoms. The summed E-state index contributed by atoms with van der Waals surface area (Å²) in [5.41, 5.74) is 10.5. The second-order valence-corrected chi connectivity index (χ2v) is 6.64. The second-order valence-electron chi connectivity index (χ2n) is 5.56. The average molecular weight is 323 g/mol. The predicted octanol–water partition coefficient (Wildman–Crippen LogP) is 4.97. The van der Waals surface area contributed by atoms with Crippen molar-refractivity contribution in [2.45, 2.75) is 33.1 Å². The van der Waals surface area contributed by atoms with Crippen LogP contribution in [0.25, 0.3) is 21.7 Å². The summed E-state index contributed by atoms with van der Waals surface area (Å²) in [7, 11) is 0. The van der Waals surface area contributed by atoms with E-state index < -0.39 is 0 Å². The van der Waals surface area contributed by atoms with Crippen molar-refractivity contribution in [1.82, 2.24) is 9.97 Å². The molecule has 0 radical (unpaired) electrons. The van der Waals surface area contributed by atoms with Gasteiger partial charge in [0, 0.05) is 11.8 Å². The summed E-state index contributed by atoms with van der Waals surface area (Å²) in [5.74, 6) is 0.541. The Kier molecular flexibility index (Phi) is 4.72. The first-order valence-electron chi connectivity index (χ1n) is 8.02. The molecule has 4 heteroatoms. The van der Waals surface area contributed by atoms with E-state index in [1.165, 1.54) is 16.0 Å². The molecule has 2 aromatic heterocycles. The first-order valence-corrected chi connectivity index (χ1v) is 8.83. The van der Waals surface area contributed by atoms with E-state index in [-0.39, 0.29) is 0 Å². The smallest absolute Gasteiger partial charge is 0.123 e. The number of benzene rings is 1. The number of thiazole rings is 1. The number of nitrogens with zero attached hydrogens (tertiary/aromatic N) is 2. The lowest BCUT2D eigenvalue weighted by molar-refractivity contribution is 0.922. The summed E-state index contributed by atoms with van der Waals surface area (Å²) in [6, 6.07) is 12.6. The first-order chi connectivity index (χ1) is 11.2. The highest BCUT2D eigenvalue weighted by Crippen LogP contribution is 2.37. The van der Waals surface area contributed by atoms with Crippen molar-refractivity contribution in [2.24, 2.45) is 0 Å². The highest BCUT2D eigenvalue weighted by molar-refractivity contribution is 7.15. The highest BCUT2D eigenvalue weighted by Gasteiger charge is 2.15. The molecule has 0 spiro atoms. The molecule has 0 aliphatic heterocycles. The van der Waals surface area contributed by atoms with Crippen LogP contribution in [0.5, 0.6) is 0 Å². The topological polar surface area (TPSA) is 51.8 Å². The van der Waals surface area contributed by atoms with Crippen molar-refractivity contribution < 1.29 is 0 Å². The van der Waals surface area contributed by atoms with Gasteiger partial charge in [-0.3, -0.25) is 0 Å². The summed E-state index contributed by atoms with van der Waals surface area (Å²) >= 11 is 1.74. The van der Waals surface area contributed by atoms with Crippen LogP contribution >= 0.6 is 11.3 Å². The zero-order valence-electron chi connectivity index (χ0n) is 13.5. The van der Waals surface area contributed by atoms with Gasteiger partial charge in [0.1, 0.15) is 5.82 Å². The average Bonchev–Trinajstić information content (AvgIpc) is 3.00. The number of hydrogen-bond acceptors (Lipinski definition) is 4. The van der Waals surface area contributed by atoms with E-state index >= 15 is 0 Å². The molecule has 0 amide bonds. The van der Waals surface area contributed by atoms with Crippen LogP contribution in [0, 0.1) is 0 Å². The summed E-state index contributed by atoms with van der Waals surface area (Å²) in [5, 5.41) is 1.14. The van der Waals surface area contributed by atoms with Crippen molar-refractivity contribution in [3.8, 4) is 21.7 Å². The highest BCUT2D eigenvalue weighted by atomic mass is 32.1. The van der Waals surface area contributed by atoms with Gasteiger partial charge in [0.25, 0.3) is 0 Å². The Morgan fingerprint density at radius 2 is 1.96 bits per heavy atom. The maximum Gasteiger partial charge on any atom is 0.123 e. The van der Waals surface area contributed by atoms with Crippen LogP contribution in [0.3, 0.4) is 0 Å². The largest absolute Gasteiger partial charge is 0.384 e. The van der Waals surface area contributed by atoms with Crippen molar-refractivity contribution in [2.75, 3.05) is 5.73 Å². The van der Waals surface area contributed by atoms with Crippen molar-refractivity contribution in [1.29, 1.82) is 0 Å². The Balaban J connectivity index is 2.12. The van der Waals surface area contributed by atoms with E-state index in [0.29, 0.717) is 5.82 Å². The van der Waals surface area contributed by atoms with Crippen LogP contribution in [-0.4, -0.2) is 9.97 Å². The van der Waals surface area contributed by atoms with Crippen LogP contribution in [0.2, 0.25) is 0 Å². The molecular formula is C19H21N3S. The molecule has 1 aromatic carbocycles. The zero-order chi connectivity index (χ0) is 16.2. The summed E-state index contributed by atoms with van der Waals surface area (Å²) in [6.45, 7) is 4.34. The number of aryl methyl sites for hydroxylation is 2. The van der Waals surface area contributed by atoms with Gasteiger partial charge in [-0.05, 0) is 42.2 Å². The first kappa shape index (κ1) is 15.7. The lowest BCUT2D eigenvalue weighted by Gasteiger charge is -2.06. The minimum absolute atomic E-state index is 0.541. The number of hydrogen-bond donors (Lipinski definition) is 1. The van der Waals surface area contributed by atoms with E-state index in [9.17, 15) is 0 Å². The summed E-state index contributed by atoms with van der Waals surface area (Å²) in [4.78, 5) is 10.1. The Morgan fingerprint density at radius 3 is 2.70 bits per heavy atom. The van der Waals surface area contributed by atoms with Gasteiger partial charge < -0.3 is 5.73 Å². The molecule has 3 rings (SSSR count). The predicted molar refractivity (Wildman–Crippen MR) is 98.6 cm³/mol. The van der Waals surface area contributed by atoms with Gasteiger partial charge in [-0.1, -0.05) is 38.5 Å². The van der Waals surface area contributed by atoms with E-state index in [2.05, 4.69) is 43.1 Å². The van der Waals surface area contributed by atoms with Crippen LogP contribution in [0.4, 0.5) is 5.82 Å². The third-order valence-electron chi connectivity index (χ3n) is 3.76. The van der Waals surface area contributed by atoms with Gasteiger partial charge in [0.2, 0.25) is 0 Å². The minimum Gasteiger partial charge on any atom is -0.384 e. The minimum atomic E-state index is 0.541. The maximum atomic E-state index is 5.86. The molecule has 0 aliphatic carbocycles. The summed E-state index contributed by atoms with van der Waals surface area (Å²) in [6.07, 6.45) is 4.94.